The molecule has 0 fully saturated rings. The van der Waals surface area contributed by atoms with Crippen LogP contribution in [0.25, 0.3) is 0 Å². The van der Waals surface area contributed by atoms with Gasteiger partial charge >= 0.3 is 6.18 Å². The lowest BCUT2D eigenvalue weighted by Gasteiger charge is -2.31. The Hall–Kier alpha value is -1.29. The molecule has 0 aromatic carbocycles. The molecule has 0 spiro atoms. The SMILES string of the molecule is C=CCC(C)(OCC1=C/CCC/C=C/C=C\1)C(F)(F)F. The first-order valence-electron chi connectivity index (χ1n) is 6.73. The maximum Gasteiger partial charge on any atom is 0.417 e. The predicted molar refractivity (Wildman–Crippen MR) is 75.4 cm³/mol. The summed E-state index contributed by atoms with van der Waals surface area (Å²) in [5.74, 6) is 0. The van der Waals surface area contributed by atoms with E-state index in [9.17, 15) is 13.2 Å². The Bertz CT molecular complexity index is 404. The van der Waals surface area contributed by atoms with Crippen LogP contribution in [0.3, 0.4) is 0 Å². The van der Waals surface area contributed by atoms with E-state index in [-0.39, 0.29) is 13.0 Å². The van der Waals surface area contributed by atoms with Crippen LogP contribution in [0.2, 0.25) is 0 Å². The zero-order valence-electron chi connectivity index (χ0n) is 11.7. The number of halogens is 3. The van der Waals surface area contributed by atoms with Crippen molar-refractivity contribution in [2.45, 2.75) is 44.4 Å². The van der Waals surface area contributed by atoms with E-state index >= 15 is 0 Å². The topological polar surface area (TPSA) is 9.23 Å². The van der Waals surface area contributed by atoms with Gasteiger partial charge in [-0.25, -0.2) is 0 Å². The lowest BCUT2D eigenvalue weighted by atomic mass is 10.0. The largest absolute Gasteiger partial charge is 0.417 e. The van der Waals surface area contributed by atoms with Crippen LogP contribution >= 0.6 is 0 Å². The molecule has 0 aliphatic heterocycles. The zero-order chi connectivity index (χ0) is 15.1. The number of hydrogen-bond acceptors (Lipinski definition) is 1. The number of allylic oxidation sites excluding steroid dienone is 4. The molecule has 0 saturated heterocycles. The van der Waals surface area contributed by atoms with Crippen molar-refractivity contribution in [2.75, 3.05) is 6.61 Å². The van der Waals surface area contributed by atoms with Crippen molar-refractivity contribution < 1.29 is 17.9 Å². The molecule has 1 unspecified atom stereocenters. The van der Waals surface area contributed by atoms with Gasteiger partial charge < -0.3 is 4.74 Å². The summed E-state index contributed by atoms with van der Waals surface area (Å²) >= 11 is 0. The van der Waals surface area contributed by atoms with Crippen LogP contribution in [-0.4, -0.2) is 18.4 Å². The molecule has 0 saturated carbocycles. The van der Waals surface area contributed by atoms with Gasteiger partial charge in [0.1, 0.15) is 0 Å². The first-order valence-corrected chi connectivity index (χ1v) is 6.73. The monoisotopic (exact) mass is 286 g/mol. The van der Waals surface area contributed by atoms with Crippen LogP contribution in [-0.2, 0) is 4.74 Å². The highest BCUT2D eigenvalue weighted by molar-refractivity contribution is 5.23. The molecular formula is C16H21F3O. The van der Waals surface area contributed by atoms with Crippen molar-refractivity contribution >= 4 is 0 Å². The minimum absolute atomic E-state index is 0.0474. The van der Waals surface area contributed by atoms with Crippen molar-refractivity contribution in [1.29, 1.82) is 0 Å². The van der Waals surface area contributed by atoms with Gasteiger partial charge in [0, 0.05) is 6.42 Å². The molecule has 1 rings (SSSR count). The van der Waals surface area contributed by atoms with E-state index in [4.69, 9.17) is 4.74 Å². The summed E-state index contributed by atoms with van der Waals surface area (Å²) in [5, 5.41) is 0. The fourth-order valence-corrected chi connectivity index (χ4v) is 1.83. The van der Waals surface area contributed by atoms with Crippen LogP contribution in [0, 0.1) is 0 Å². The molecule has 1 nitrogen and oxygen atoms in total. The van der Waals surface area contributed by atoms with E-state index in [1.807, 2.05) is 24.3 Å². The Morgan fingerprint density at radius 2 is 2.05 bits per heavy atom. The van der Waals surface area contributed by atoms with Gasteiger partial charge in [0.05, 0.1) is 6.61 Å². The molecule has 0 bridgehead atoms. The van der Waals surface area contributed by atoms with Crippen LogP contribution in [0.4, 0.5) is 13.2 Å². The third-order valence-corrected chi connectivity index (χ3v) is 3.23. The molecule has 1 aliphatic carbocycles. The first-order chi connectivity index (χ1) is 9.39. The molecule has 0 radical (unpaired) electrons. The summed E-state index contributed by atoms with van der Waals surface area (Å²) in [5.41, 5.74) is -1.41. The third kappa shape index (κ3) is 5.00. The highest BCUT2D eigenvalue weighted by Crippen LogP contribution is 2.36. The normalized spacial score (nSPS) is 25.3. The highest BCUT2D eigenvalue weighted by Gasteiger charge is 2.51. The van der Waals surface area contributed by atoms with Gasteiger partial charge in [0.15, 0.2) is 5.60 Å². The van der Waals surface area contributed by atoms with Crippen molar-refractivity contribution in [3.63, 3.8) is 0 Å². The fourth-order valence-electron chi connectivity index (χ4n) is 1.83. The molecule has 0 amide bonds. The van der Waals surface area contributed by atoms with Gasteiger partial charge in [0.25, 0.3) is 0 Å². The molecule has 1 atom stereocenters. The second-order valence-electron chi connectivity index (χ2n) is 5.01. The van der Waals surface area contributed by atoms with Gasteiger partial charge in [-0.15, -0.1) is 6.58 Å². The molecule has 0 N–H and O–H groups in total. The number of alkyl halides is 3. The number of rotatable bonds is 5. The van der Waals surface area contributed by atoms with E-state index in [2.05, 4.69) is 6.58 Å². The third-order valence-electron chi connectivity index (χ3n) is 3.23. The Balaban J connectivity index is 2.73. The van der Waals surface area contributed by atoms with Gasteiger partial charge in [-0.3, -0.25) is 0 Å². The Labute approximate surface area is 118 Å². The molecule has 112 valence electrons. The van der Waals surface area contributed by atoms with E-state index < -0.39 is 11.8 Å². The summed E-state index contributed by atoms with van der Waals surface area (Å²) in [7, 11) is 0. The molecule has 0 heterocycles. The van der Waals surface area contributed by atoms with E-state index in [0.29, 0.717) is 0 Å². The molecule has 1 aliphatic rings. The standard InChI is InChI=1S/C16H21F3O/c1-3-12-15(2,16(17,18)19)20-13-14-10-8-6-4-5-7-9-11-14/h3-4,6,8,10-11H,1,5,7,9,12-13H2,2H3/b6-4+,10-8-,14-11+. The maximum atomic E-state index is 13.0. The second kappa shape index (κ2) is 7.48. The quantitative estimate of drug-likeness (QED) is 0.637. The average Bonchev–Trinajstić information content (AvgIpc) is 2.49. The van der Waals surface area contributed by atoms with Gasteiger partial charge in [0.2, 0.25) is 0 Å². The van der Waals surface area contributed by atoms with Crippen LogP contribution in [0.1, 0.15) is 32.6 Å². The summed E-state index contributed by atoms with van der Waals surface area (Å²) in [6.07, 6.45) is 8.91. The van der Waals surface area contributed by atoms with Crippen molar-refractivity contribution in [3.8, 4) is 0 Å². The van der Waals surface area contributed by atoms with Crippen molar-refractivity contribution in [2.24, 2.45) is 0 Å². The highest BCUT2D eigenvalue weighted by atomic mass is 19.4. The minimum Gasteiger partial charge on any atom is -0.361 e. The number of hydrogen-bond donors (Lipinski definition) is 0. The van der Waals surface area contributed by atoms with Crippen molar-refractivity contribution in [1.82, 2.24) is 0 Å². The summed E-state index contributed by atoms with van der Waals surface area (Å²) in [4.78, 5) is 0. The van der Waals surface area contributed by atoms with Crippen molar-refractivity contribution in [3.05, 3.63) is 48.6 Å². The van der Waals surface area contributed by atoms with E-state index in [1.165, 1.54) is 6.08 Å². The second-order valence-corrected chi connectivity index (χ2v) is 5.01. The lowest BCUT2D eigenvalue weighted by molar-refractivity contribution is -0.266. The Morgan fingerprint density at radius 1 is 1.30 bits per heavy atom. The summed E-state index contributed by atoms with van der Waals surface area (Å²) in [6.45, 7) is 4.39. The van der Waals surface area contributed by atoms with Crippen LogP contribution < -0.4 is 0 Å². The Kier molecular flexibility index (Phi) is 6.27. The van der Waals surface area contributed by atoms with Gasteiger partial charge in [-0.2, -0.15) is 13.2 Å². The van der Waals surface area contributed by atoms with Crippen LogP contribution in [0.15, 0.2) is 48.6 Å². The van der Waals surface area contributed by atoms with E-state index in [1.54, 1.807) is 6.08 Å². The maximum absolute atomic E-state index is 13.0. The number of ether oxygens (including phenoxy) is 1. The van der Waals surface area contributed by atoms with Gasteiger partial charge in [-0.05, 0) is 31.8 Å². The Morgan fingerprint density at radius 3 is 2.70 bits per heavy atom. The summed E-state index contributed by atoms with van der Waals surface area (Å²) in [6, 6.07) is 0. The summed E-state index contributed by atoms with van der Waals surface area (Å²) < 4.78 is 44.3. The molecule has 0 aromatic rings. The molecule has 0 aromatic heterocycles. The smallest absolute Gasteiger partial charge is 0.361 e. The predicted octanol–water partition coefficient (Wildman–Crippen LogP) is 5.12. The lowest BCUT2D eigenvalue weighted by Crippen LogP contribution is -2.44. The average molecular weight is 286 g/mol. The molecular weight excluding hydrogens is 265 g/mol. The molecule has 4 heteroatoms. The fraction of sp³-hybridized carbons (Fsp3) is 0.500. The molecule has 20 heavy (non-hydrogen) atoms. The minimum atomic E-state index is -4.41. The van der Waals surface area contributed by atoms with Crippen LogP contribution in [0.5, 0.6) is 0 Å². The van der Waals surface area contributed by atoms with E-state index in [0.717, 1.165) is 31.8 Å². The van der Waals surface area contributed by atoms with Gasteiger partial charge in [-0.1, -0.05) is 36.5 Å². The zero-order valence-corrected chi connectivity index (χ0v) is 11.7. The first kappa shape index (κ1) is 16.8.